The molecule has 0 aromatic heterocycles. The van der Waals surface area contributed by atoms with Gasteiger partial charge in [0.05, 0.1) is 13.2 Å². The highest BCUT2D eigenvalue weighted by Gasteiger charge is 2.20. The van der Waals surface area contributed by atoms with E-state index in [0.717, 1.165) is 13.0 Å². The Balaban J connectivity index is 2.08. The van der Waals surface area contributed by atoms with Crippen molar-refractivity contribution in [3.8, 4) is 0 Å². The number of nitrogens with zero attached hydrogens (tertiary/aromatic N) is 1. The zero-order valence-electron chi connectivity index (χ0n) is 8.12. The van der Waals surface area contributed by atoms with Crippen LogP contribution in [0.4, 0.5) is 0 Å². The summed E-state index contributed by atoms with van der Waals surface area (Å²) in [5.41, 5.74) is 0. The molecule has 1 saturated heterocycles. The fraction of sp³-hybridized carbons (Fsp3) is 0.889. The van der Waals surface area contributed by atoms with Crippen molar-refractivity contribution < 1.29 is 9.90 Å². The number of hydrogen-bond acceptors (Lipinski definition) is 4. The third-order valence-electron chi connectivity index (χ3n) is 2.40. The number of nitrogens with one attached hydrogen (secondary N) is 1. The standard InChI is InChI=1S/C9H18N2O2/c1-11(4-5-12)3-2-8-6-9(13)7-10-8/h8,10,12H,2-7H2,1H3. The summed E-state index contributed by atoms with van der Waals surface area (Å²) >= 11 is 0. The van der Waals surface area contributed by atoms with Crippen molar-refractivity contribution in [1.82, 2.24) is 10.2 Å². The second kappa shape index (κ2) is 5.32. The lowest BCUT2D eigenvalue weighted by molar-refractivity contribution is -0.116. The van der Waals surface area contributed by atoms with E-state index in [1.807, 2.05) is 7.05 Å². The molecule has 1 atom stereocenters. The summed E-state index contributed by atoms with van der Waals surface area (Å²) in [6, 6.07) is 0.355. The van der Waals surface area contributed by atoms with Crippen LogP contribution in [0, 0.1) is 0 Å². The lowest BCUT2D eigenvalue weighted by Gasteiger charge is -2.17. The number of Topliss-reactive ketones (excluding diaryl/α,β-unsaturated/α-hetero) is 1. The molecule has 0 aliphatic carbocycles. The van der Waals surface area contributed by atoms with Crippen LogP contribution in [-0.2, 0) is 4.79 Å². The number of rotatable bonds is 5. The Morgan fingerprint density at radius 3 is 2.92 bits per heavy atom. The number of aliphatic hydroxyl groups excluding tert-OH is 1. The molecule has 0 bridgehead atoms. The summed E-state index contributed by atoms with van der Waals surface area (Å²) in [6.45, 7) is 2.38. The van der Waals surface area contributed by atoms with Crippen LogP contribution in [0.15, 0.2) is 0 Å². The van der Waals surface area contributed by atoms with Crippen LogP contribution in [0.5, 0.6) is 0 Å². The summed E-state index contributed by atoms with van der Waals surface area (Å²) in [5.74, 6) is 0.315. The molecule has 1 rings (SSSR count). The zero-order valence-corrected chi connectivity index (χ0v) is 8.12. The summed E-state index contributed by atoms with van der Waals surface area (Å²) in [5, 5.41) is 11.8. The topological polar surface area (TPSA) is 52.6 Å². The molecule has 13 heavy (non-hydrogen) atoms. The maximum atomic E-state index is 10.9. The van der Waals surface area contributed by atoms with Crippen molar-refractivity contribution in [3.63, 3.8) is 0 Å². The smallest absolute Gasteiger partial charge is 0.148 e. The normalized spacial score (nSPS) is 23.0. The summed E-state index contributed by atoms with van der Waals surface area (Å²) in [4.78, 5) is 13.0. The molecule has 0 aromatic carbocycles. The van der Waals surface area contributed by atoms with Crippen LogP contribution in [0.25, 0.3) is 0 Å². The van der Waals surface area contributed by atoms with Crippen LogP contribution in [0.2, 0.25) is 0 Å². The highest BCUT2D eigenvalue weighted by atomic mass is 16.3. The van der Waals surface area contributed by atoms with Crippen LogP contribution in [-0.4, -0.2) is 55.1 Å². The molecule has 0 radical (unpaired) electrons. The second-order valence-electron chi connectivity index (χ2n) is 3.64. The molecule has 4 nitrogen and oxygen atoms in total. The molecule has 76 valence electrons. The van der Waals surface area contributed by atoms with E-state index in [1.165, 1.54) is 0 Å². The Morgan fingerprint density at radius 1 is 1.62 bits per heavy atom. The molecule has 0 aromatic rings. The number of ketones is 1. The first-order valence-electron chi connectivity index (χ1n) is 4.77. The molecule has 1 fully saturated rings. The van der Waals surface area contributed by atoms with Gasteiger partial charge in [-0.25, -0.2) is 0 Å². The number of aliphatic hydroxyl groups is 1. The minimum atomic E-state index is 0.202. The van der Waals surface area contributed by atoms with Crippen molar-refractivity contribution in [2.24, 2.45) is 0 Å². The third-order valence-corrected chi connectivity index (χ3v) is 2.40. The SMILES string of the molecule is CN(CCO)CCC1CC(=O)CN1. The molecule has 1 unspecified atom stereocenters. The van der Waals surface area contributed by atoms with E-state index in [0.29, 0.717) is 31.3 Å². The van der Waals surface area contributed by atoms with Gasteiger partial charge in [0.25, 0.3) is 0 Å². The summed E-state index contributed by atoms with van der Waals surface area (Å²) in [7, 11) is 1.98. The van der Waals surface area contributed by atoms with Crippen molar-refractivity contribution in [1.29, 1.82) is 0 Å². The predicted molar refractivity (Wildman–Crippen MR) is 50.6 cm³/mol. The highest BCUT2D eigenvalue weighted by molar-refractivity contribution is 5.83. The average Bonchev–Trinajstić information content (AvgIpc) is 2.49. The molecular weight excluding hydrogens is 168 g/mol. The Labute approximate surface area is 78.9 Å². The van der Waals surface area contributed by atoms with Crippen LogP contribution in [0.1, 0.15) is 12.8 Å². The van der Waals surface area contributed by atoms with Gasteiger partial charge in [0.2, 0.25) is 0 Å². The van der Waals surface area contributed by atoms with Crippen molar-refractivity contribution in [2.75, 3.05) is 33.3 Å². The third kappa shape index (κ3) is 3.85. The number of hydrogen-bond donors (Lipinski definition) is 2. The maximum absolute atomic E-state index is 10.9. The van der Waals surface area contributed by atoms with Crippen LogP contribution in [0.3, 0.4) is 0 Å². The van der Waals surface area contributed by atoms with Crippen molar-refractivity contribution >= 4 is 5.78 Å². The molecule has 2 N–H and O–H groups in total. The average molecular weight is 186 g/mol. The Morgan fingerprint density at radius 2 is 2.38 bits per heavy atom. The van der Waals surface area contributed by atoms with E-state index in [1.54, 1.807) is 0 Å². The second-order valence-corrected chi connectivity index (χ2v) is 3.64. The van der Waals surface area contributed by atoms with E-state index in [9.17, 15) is 4.79 Å². The van der Waals surface area contributed by atoms with E-state index in [2.05, 4.69) is 10.2 Å². The lowest BCUT2D eigenvalue weighted by Crippen LogP contribution is -2.29. The van der Waals surface area contributed by atoms with Crippen molar-refractivity contribution in [2.45, 2.75) is 18.9 Å². The Bertz CT molecular complexity index is 173. The van der Waals surface area contributed by atoms with Gasteiger partial charge in [0.15, 0.2) is 0 Å². The number of likely N-dealkylation sites (N-methyl/N-ethyl adjacent to an activating group) is 1. The summed E-state index contributed by atoms with van der Waals surface area (Å²) in [6.07, 6.45) is 1.66. The first-order chi connectivity index (χ1) is 6.22. The van der Waals surface area contributed by atoms with Crippen molar-refractivity contribution in [3.05, 3.63) is 0 Å². The number of carbonyl (C=O) groups is 1. The van der Waals surface area contributed by atoms with Gasteiger partial charge in [-0.15, -0.1) is 0 Å². The minimum absolute atomic E-state index is 0.202. The van der Waals surface area contributed by atoms with E-state index >= 15 is 0 Å². The highest BCUT2D eigenvalue weighted by Crippen LogP contribution is 2.06. The van der Waals surface area contributed by atoms with E-state index in [-0.39, 0.29) is 6.61 Å². The maximum Gasteiger partial charge on any atom is 0.148 e. The molecule has 4 heteroatoms. The van der Waals surface area contributed by atoms with E-state index < -0.39 is 0 Å². The molecule has 0 amide bonds. The van der Waals surface area contributed by atoms with Crippen LogP contribution < -0.4 is 5.32 Å². The van der Waals surface area contributed by atoms with Gasteiger partial charge >= 0.3 is 0 Å². The van der Waals surface area contributed by atoms with Gasteiger partial charge in [-0.1, -0.05) is 0 Å². The number of carbonyl (C=O) groups excluding carboxylic acids is 1. The molecular formula is C9H18N2O2. The van der Waals surface area contributed by atoms with Gasteiger partial charge < -0.3 is 15.3 Å². The largest absolute Gasteiger partial charge is 0.395 e. The van der Waals surface area contributed by atoms with Gasteiger partial charge in [-0.05, 0) is 20.0 Å². The quantitative estimate of drug-likeness (QED) is 0.592. The molecule has 1 heterocycles. The predicted octanol–water partition coefficient (Wildman–Crippen LogP) is -0.768. The van der Waals surface area contributed by atoms with Gasteiger partial charge in [-0.3, -0.25) is 4.79 Å². The Hall–Kier alpha value is -0.450. The first kappa shape index (κ1) is 10.6. The minimum Gasteiger partial charge on any atom is -0.395 e. The summed E-state index contributed by atoms with van der Waals surface area (Å²) < 4.78 is 0. The fourth-order valence-electron chi connectivity index (χ4n) is 1.54. The molecule has 1 aliphatic rings. The first-order valence-corrected chi connectivity index (χ1v) is 4.77. The molecule has 0 spiro atoms. The van der Waals surface area contributed by atoms with E-state index in [4.69, 9.17) is 5.11 Å². The fourth-order valence-corrected chi connectivity index (χ4v) is 1.54. The van der Waals surface area contributed by atoms with Gasteiger partial charge in [0, 0.05) is 19.0 Å². The Kier molecular flexibility index (Phi) is 4.35. The zero-order chi connectivity index (χ0) is 9.68. The van der Waals surface area contributed by atoms with Gasteiger partial charge in [-0.2, -0.15) is 0 Å². The van der Waals surface area contributed by atoms with Crippen LogP contribution >= 0.6 is 0 Å². The monoisotopic (exact) mass is 186 g/mol. The molecule has 1 aliphatic heterocycles. The van der Waals surface area contributed by atoms with Gasteiger partial charge in [0.1, 0.15) is 5.78 Å². The molecule has 0 saturated carbocycles. The lowest BCUT2D eigenvalue weighted by atomic mass is 10.1.